The lowest BCUT2D eigenvalue weighted by Gasteiger charge is -2.20. The van der Waals surface area contributed by atoms with Gasteiger partial charge in [-0.1, -0.05) is 30.3 Å². The zero-order valence-corrected chi connectivity index (χ0v) is 12.6. The minimum atomic E-state index is -1.28. The number of carboxylic acid groups (broad SMARTS) is 1. The number of amides is 3. The molecule has 0 fully saturated rings. The number of primary amides is 1. The van der Waals surface area contributed by atoms with E-state index >= 15 is 0 Å². The predicted molar refractivity (Wildman–Crippen MR) is 81.1 cm³/mol. The molecular formula is C15H19N3O5. The molecule has 0 aromatic heterocycles. The highest BCUT2D eigenvalue weighted by atomic mass is 16.4. The van der Waals surface area contributed by atoms with Crippen molar-refractivity contribution in [2.45, 2.75) is 31.8 Å². The van der Waals surface area contributed by atoms with Crippen LogP contribution in [0.15, 0.2) is 30.3 Å². The third-order valence-corrected chi connectivity index (χ3v) is 3.02. The highest BCUT2D eigenvalue weighted by Gasteiger charge is 2.26. The summed E-state index contributed by atoms with van der Waals surface area (Å²) in [5.74, 6) is -3.33. The molecule has 0 radical (unpaired) electrons. The van der Waals surface area contributed by atoms with Crippen molar-refractivity contribution in [2.24, 2.45) is 5.73 Å². The molecule has 0 bridgehead atoms. The molecule has 0 aliphatic carbocycles. The Bertz CT molecular complexity index is 572. The summed E-state index contributed by atoms with van der Waals surface area (Å²) in [5, 5.41) is 13.4. The van der Waals surface area contributed by atoms with Gasteiger partial charge in [-0.25, -0.2) is 0 Å². The van der Waals surface area contributed by atoms with Crippen molar-refractivity contribution in [3.8, 4) is 0 Å². The molecule has 0 saturated carbocycles. The van der Waals surface area contributed by atoms with Gasteiger partial charge < -0.3 is 21.5 Å². The number of nitrogens with one attached hydrogen (secondary N) is 2. The van der Waals surface area contributed by atoms with Crippen molar-refractivity contribution in [1.82, 2.24) is 10.6 Å². The first-order valence-electron chi connectivity index (χ1n) is 6.92. The maximum Gasteiger partial charge on any atom is 0.305 e. The summed E-state index contributed by atoms with van der Waals surface area (Å²) in [6.07, 6.45) is -0.427. The predicted octanol–water partition coefficient (Wildman–Crippen LogP) is -0.821. The molecule has 0 spiro atoms. The molecule has 0 aliphatic rings. The first-order chi connectivity index (χ1) is 10.8. The zero-order valence-electron chi connectivity index (χ0n) is 12.6. The molecule has 0 heterocycles. The summed E-state index contributed by atoms with van der Waals surface area (Å²) < 4.78 is 0. The third-order valence-electron chi connectivity index (χ3n) is 3.02. The lowest BCUT2D eigenvalue weighted by Crippen LogP contribution is -2.53. The van der Waals surface area contributed by atoms with E-state index in [1.165, 1.54) is 0 Å². The van der Waals surface area contributed by atoms with Crippen LogP contribution in [0.5, 0.6) is 0 Å². The van der Waals surface area contributed by atoms with E-state index in [0.29, 0.717) is 0 Å². The van der Waals surface area contributed by atoms with Crippen LogP contribution in [0.25, 0.3) is 0 Å². The van der Waals surface area contributed by atoms with Gasteiger partial charge in [0.15, 0.2) is 0 Å². The van der Waals surface area contributed by atoms with E-state index in [2.05, 4.69) is 10.6 Å². The Kier molecular flexibility index (Phi) is 6.72. The van der Waals surface area contributed by atoms with Gasteiger partial charge in [0.05, 0.1) is 6.42 Å². The highest BCUT2D eigenvalue weighted by molar-refractivity contribution is 5.93. The molecule has 23 heavy (non-hydrogen) atoms. The van der Waals surface area contributed by atoms with E-state index in [0.717, 1.165) is 12.5 Å². The molecular weight excluding hydrogens is 302 g/mol. The molecule has 1 rings (SSSR count). The maximum absolute atomic E-state index is 12.1. The van der Waals surface area contributed by atoms with Crippen molar-refractivity contribution in [1.29, 1.82) is 0 Å². The fraction of sp³-hybridized carbons (Fsp3) is 0.333. The second-order valence-corrected chi connectivity index (χ2v) is 5.00. The Balaban J connectivity index is 2.80. The summed E-state index contributed by atoms with van der Waals surface area (Å²) in [6, 6.07) is 6.62. The fourth-order valence-electron chi connectivity index (χ4n) is 1.97. The largest absolute Gasteiger partial charge is 0.481 e. The number of benzene rings is 1. The fourth-order valence-corrected chi connectivity index (χ4v) is 1.97. The molecule has 5 N–H and O–H groups in total. The van der Waals surface area contributed by atoms with Crippen LogP contribution in [0, 0.1) is 0 Å². The standard InChI is InChI=1S/C15H19N3O5/c1-9(19)17-12(8-13(20)21)15(23)18-11(14(16)22)7-10-5-3-2-4-6-10/h2-6,11-12H,7-8H2,1H3,(H2,16,22)(H,17,19)(H,18,23)(H,20,21)/t11-,12-/m0/s1. The minimum absolute atomic E-state index is 0.168. The Morgan fingerprint density at radius 3 is 2.17 bits per heavy atom. The van der Waals surface area contributed by atoms with Crippen LogP contribution < -0.4 is 16.4 Å². The zero-order chi connectivity index (χ0) is 17.4. The van der Waals surface area contributed by atoms with E-state index in [4.69, 9.17) is 10.8 Å². The van der Waals surface area contributed by atoms with Crippen LogP contribution in [-0.2, 0) is 25.6 Å². The van der Waals surface area contributed by atoms with Crippen molar-refractivity contribution < 1.29 is 24.3 Å². The average molecular weight is 321 g/mol. The number of rotatable bonds is 8. The van der Waals surface area contributed by atoms with Crippen LogP contribution in [0.1, 0.15) is 18.9 Å². The number of hydrogen-bond donors (Lipinski definition) is 4. The Hall–Kier alpha value is -2.90. The number of hydrogen-bond acceptors (Lipinski definition) is 4. The second-order valence-electron chi connectivity index (χ2n) is 5.00. The number of aliphatic carboxylic acids is 1. The molecule has 8 heteroatoms. The van der Waals surface area contributed by atoms with Crippen LogP contribution in [0.2, 0.25) is 0 Å². The first-order valence-corrected chi connectivity index (χ1v) is 6.92. The molecule has 1 aromatic rings. The Morgan fingerprint density at radius 2 is 1.70 bits per heavy atom. The van der Waals surface area contributed by atoms with E-state index in [9.17, 15) is 19.2 Å². The van der Waals surface area contributed by atoms with Gasteiger partial charge in [0.2, 0.25) is 17.7 Å². The Morgan fingerprint density at radius 1 is 1.09 bits per heavy atom. The first kappa shape index (κ1) is 18.1. The minimum Gasteiger partial charge on any atom is -0.481 e. The lowest BCUT2D eigenvalue weighted by atomic mass is 10.0. The van der Waals surface area contributed by atoms with Gasteiger partial charge in [0.25, 0.3) is 0 Å². The van der Waals surface area contributed by atoms with Crippen LogP contribution in [0.4, 0.5) is 0 Å². The Labute approximate surface area is 133 Å². The molecule has 0 unspecified atom stereocenters. The summed E-state index contributed by atoms with van der Waals surface area (Å²) in [7, 11) is 0. The summed E-state index contributed by atoms with van der Waals surface area (Å²) in [5.41, 5.74) is 6.06. The molecule has 0 saturated heterocycles. The lowest BCUT2D eigenvalue weighted by molar-refractivity contribution is -0.140. The van der Waals surface area contributed by atoms with Gasteiger partial charge in [-0.3, -0.25) is 19.2 Å². The van der Waals surface area contributed by atoms with Crippen LogP contribution in [-0.4, -0.2) is 40.9 Å². The maximum atomic E-state index is 12.1. The van der Waals surface area contributed by atoms with Gasteiger partial charge in [0, 0.05) is 13.3 Å². The van der Waals surface area contributed by atoms with E-state index in [1.54, 1.807) is 30.3 Å². The van der Waals surface area contributed by atoms with Gasteiger partial charge in [-0.05, 0) is 5.56 Å². The van der Waals surface area contributed by atoms with Crippen molar-refractivity contribution in [3.05, 3.63) is 35.9 Å². The molecule has 3 amide bonds. The number of carbonyl (C=O) groups excluding carboxylic acids is 3. The quantitative estimate of drug-likeness (QED) is 0.495. The van der Waals surface area contributed by atoms with Crippen molar-refractivity contribution in [3.63, 3.8) is 0 Å². The molecule has 1 aromatic carbocycles. The van der Waals surface area contributed by atoms with Gasteiger partial charge in [-0.2, -0.15) is 0 Å². The second kappa shape index (κ2) is 8.52. The van der Waals surface area contributed by atoms with Gasteiger partial charge in [0.1, 0.15) is 12.1 Å². The number of carbonyl (C=O) groups is 4. The smallest absolute Gasteiger partial charge is 0.305 e. The number of carboxylic acids is 1. The topological polar surface area (TPSA) is 139 Å². The van der Waals surface area contributed by atoms with E-state index in [1.807, 2.05) is 0 Å². The van der Waals surface area contributed by atoms with Crippen molar-refractivity contribution >= 4 is 23.7 Å². The summed E-state index contributed by atoms with van der Waals surface area (Å²) in [6.45, 7) is 1.16. The highest BCUT2D eigenvalue weighted by Crippen LogP contribution is 2.04. The number of nitrogens with two attached hydrogens (primary N) is 1. The van der Waals surface area contributed by atoms with Crippen molar-refractivity contribution in [2.75, 3.05) is 0 Å². The summed E-state index contributed by atoms with van der Waals surface area (Å²) in [4.78, 5) is 45.5. The normalized spacial score (nSPS) is 12.7. The monoisotopic (exact) mass is 321 g/mol. The average Bonchev–Trinajstić information content (AvgIpc) is 2.45. The summed E-state index contributed by atoms with van der Waals surface area (Å²) >= 11 is 0. The molecule has 2 atom stereocenters. The van der Waals surface area contributed by atoms with Crippen LogP contribution >= 0.6 is 0 Å². The van der Waals surface area contributed by atoms with E-state index in [-0.39, 0.29) is 6.42 Å². The molecule has 8 nitrogen and oxygen atoms in total. The van der Waals surface area contributed by atoms with Gasteiger partial charge in [-0.15, -0.1) is 0 Å². The van der Waals surface area contributed by atoms with E-state index < -0.39 is 42.2 Å². The van der Waals surface area contributed by atoms with Crippen LogP contribution in [0.3, 0.4) is 0 Å². The van der Waals surface area contributed by atoms with Gasteiger partial charge >= 0.3 is 5.97 Å². The third kappa shape index (κ3) is 6.60. The molecule has 124 valence electrons. The molecule has 0 aliphatic heterocycles. The SMILES string of the molecule is CC(=O)N[C@@H](CC(=O)O)C(=O)N[C@@H](Cc1ccccc1)C(N)=O.